The van der Waals surface area contributed by atoms with Crippen molar-refractivity contribution in [3.63, 3.8) is 0 Å². The molecule has 1 aliphatic heterocycles. The first kappa shape index (κ1) is 18.9. The van der Waals surface area contributed by atoms with E-state index in [1.165, 1.54) is 5.57 Å². The number of aliphatic hydroxyl groups is 2. The maximum atomic E-state index is 10.5. The molecule has 134 valence electrons. The number of allylic oxidation sites excluding steroid dienone is 3. The number of aliphatic hydroxyl groups excluding tert-OH is 2. The summed E-state index contributed by atoms with van der Waals surface area (Å²) in [6.07, 6.45) is 7.35. The summed E-state index contributed by atoms with van der Waals surface area (Å²) < 4.78 is 5.64. The molecule has 1 aliphatic carbocycles. The summed E-state index contributed by atoms with van der Waals surface area (Å²) in [7, 11) is 0. The molecule has 0 aromatic rings. The Morgan fingerprint density at radius 2 is 1.88 bits per heavy atom. The third-order valence-electron chi connectivity index (χ3n) is 4.98. The van der Waals surface area contributed by atoms with Crippen molar-refractivity contribution in [1.82, 2.24) is 0 Å². The fourth-order valence-corrected chi connectivity index (χ4v) is 3.17. The zero-order chi connectivity index (χ0) is 17.9. The average molecular weight is 336 g/mol. The van der Waals surface area contributed by atoms with E-state index in [0.29, 0.717) is 12.8 Å². The predicted octanol–water partition coefficient (Wildman–Crippen LogP) is 2.73. The smallest absolute Gasteiger partial charge is 0.303 e. The zero-order valence-corrected chi connectivity index (χ0v) is 14.7. The first-order chi connectivity index (χ1) is 11.3. The summed E-state index contributed by atoms with van der Waals surface area (Å²) in [5.74, 6) is -0.769. The Balaban J connectivity index is 1.81. The van der Waals surface area contributed by atoms with Gasteiger partial charge in [-0.15, -0.1) is 0 Å². The van der Waals surface area contributed by atoms with Crippen LogP contribution in [0.2, 0.25) is 0 Å². The van der Waals surface area contributed by atoms with E-state index in [2.05, 4.69) is 12.2 Å². The van der Waals surface area contributed by atoms with Crippen molar-refractivity contribution in [3.8, 4) is 0 Å². The van der Waals surface area contributed by atoms with Crippen LogP contribution in [0, 0.1) is 0 Å². The second-order valence-electron chi connectivity index (χ2n) is 7.03. The molecule has 0 unspecified atom stereocenters. The lowest BCUT2D eigenvalue weighted by molar-refractivity contribution is -0.136. The normalized spacial score (nSPS) is 33.0. The van der Waals surface area contributed by atoms with E-state index in [0.717, 1.165) is 24.0 Å². The number of hydrogen-bond acceptors (Lipinski definition) is 4. The number of epoxide rings is 1. The second kappa shape index (κ2) is 7.64. The highest BCUT2D eigenvalue weighted by Gasteiger charge is 2.65. The molecule has 24 heavy (non-hydrogen) atoms. The molecular formula is C19H28O5. The Hall–Kier alpha value is -1.43. The van der Waals surface area contributed by atoms with Gasteiger partial charge in [0.1, 0.15) is 23.9 Å². The van der Waals surface area contributed by atoms with Gasteiger partial charge in [-0.3, -0.25) is 4.79 Å². The molecule has 3 N–H and O–H groups in total. The molecule has 0 amide bonds. The number of aliphatic carboxylic acids is 1. The van der Waals surface area contributed by atoms with E-state index in [9.17, 15) is 15.0 Å². The Morgan fingerprint density at radius 1 is 1.21 bits per heavy atom. The molecule has 4 atom stereocenters. The number of ether oxygens (including phenoxy) is 1. The number of carboxylic acid groups (broad SMARTS) is 1. The first-order valence-corrected chi connectivity index (χ1v) is 8.51. The molecule has 0 radical (unpaired) electrons. The SMILES string of the molecule is CC(=CC[C@@]12O[C@@H]1[C@H](O)C(C)=C[C@H]2O)CCC=C(C)CCC(=O)O. The van der Waals surface area contributed by atoms with Crippen LogP contribution in [0.15, 0.2) is 34.9 Å². The van der Waals surface area contributed by atoms with E-state index in [1.807, 2.05) is 13.8 Å². The van der Waals surface area contributed by atoms with Crippen LogP contribution in [0.4, 0.5) is 0 Å². The quantitative estimate of drug-likeness (QED) is 0.468. The second-order valence-corrected chi connectivity index (χ2v) is 7.03. The summed E-state index contributed by atoms with van der Waals surface area (Å²) in [6, 6.07) is 0. The zero-order valence-electron chi connectivity index (χ0n) is 14.7. The molecule has 2 rings (SSSR count). The lowest BCUT2D eigenvalue weighted by atomic mass is 9.83. The monoisotopic (exact) mass is 336 g/mol. The average Bonchev–Trinajstić information content (AvgIpc) is 3.26. The van der Waals surface area contributed by atoms with Crippen LogP contribution in [0.25, 0.3) is 0 Å². The van der Waals surface area contributed by atoms with Crippen LogP contribution in [0.5, 0.6) is 0 Å². The van der Waals surface area contributed by atoms with Crippen LogP contribution in [0.1, 0.15) is 52.9 Å². The number of hydrogen-bond donors (Lipinski definition) is 3. The van der Waals surface area contributed by atoms with Crippen molar-refractivity contribution in [1.29, 1.82) is 0 Å². The van der Waals surface area contributed by atoms with Gasteiger partial charge in [0.25, 0.3) is 0 Å². The van der Waals surface area contributed by atoms with E-state index < -0.39 is 23.8 Å². The summed E-state index contributed by atoms with van der Waals surface area (Å²) in [5, 5.41) is 28.9. The third kappa shape index (κ3) is 4.35. The lowest BCUT2D eigenvalue weighted by Gasteiger charge is -2.24. The summed E-state index contributed by atoms with van der Waals surface area (Å²) in [6.45, 7) is 5.80. The number of carbonyl (C=O) groups is 1. The minimum Gasteiger partial charge on any atom is -0.481 e. The number of fused-ring (bicyclic) bond motifs is 1. The van der Waals surface area contributed by atoms with Gasteiger partial charge in [-0.1, -0.05) is 29.4 Å². The largest absolute Gasteiger partial charge is 0.481 e. The Labute approximate surface area is 143 Å². The van der Waals surface area contributed by atoms with Gasteiger partial charge in [0.05, 0.1) is 0 Å². The topological polar surface area (TPSA) is 90.3 Å². The minimum absolute atomic E-state index is 0.172. The number of rotatable bonds is 8. The highest BCUT2D eigenvalue weighted by molar-refractivity contribution is 5.66. The van der Waals surface area contributed by atoms with Gasteiger partial charge < -0.3 is 20.1 Å². The van der Waals surface area contributed by atoms with E-state index in [4.69, 9.17) is 9.84 Å². The van der Waals surface area contributed by atoms with Gasteiger partial charge in [-0.05, 0) is 45.6 Å². The molecule has 5 nitrogen and oxygen atoms in total. The molecule has 0 bridgehead atoms. The maximum Gasteiger partial charge on any atom is 0.303 e. The van der Waals surface area contributed by atoms with Crippen LogP contribution in [-0.2, 0) is 9.53 Å². The Morgan fingerprint density at radius 3 is 2.54 bits per heavy atom. The molecule has 2 aliphatic rings. The van der Waals surface area contributed by atoms with Crippen LogP contribution >= 0.6 is 0 Å². The predicted molar refractivity (Wildman–Crippen MR) is 91.6 cm³/mol. The van der Waals surface area contributed by atoms with Gasteiger partial charge in [0.2, 0.25) is 0 Å². The fraction of sp³-hybridized carbons (Fsp3) is 0.632. The highest BCUT2D eigenvalue weighted by atomic mass is 16.6. The molecule has 0 spiro atoms. The van der Waals surface area contributed by atoms with E-state index >= 15 is 0 Å². The molecular weight excluding hydrogens is 308 g/mol. The molecule has 0 aromatic carbocycles. The summed E-state index contributed by atoms with van der Waals surface area (Å²) in [5.41, 5.74) is 2.41. The molecule has 0 saturated carbocycles. The van der Waals surface area contributed by atoms with E-state index in [1.54, 1.807) is 13.0 Å². The summed E-state index contributed by atoms with van der Waals surface area (Å²) >= 11 is 0. The Kier molecular flexibility index (Phi) is 6.01. The molecule has 1 fully saturated rings. The van der Waals surface area contributed by atoms with Crippen molar-refractivity contribution in [2.24, 2.45) is 0 Å². The maximum absolute atomic E-state index is 10.5. The molecule has 0 aromatic heterocycles. The number of carboxylic acids is 1. The molecule has 1 heterocycles. The fourth-order valence-electron chi connectivity index (χ4n) is 3.17. The minimum atomic E-state index is -0.769. The van der Waals surface area contributed by atoms with Crippen molar-refractivity contribution in [3.05, 3.63) is 34.9 Å². The standard InChI is InChI=1S/C19H28O5/c1-12(7-8-16(21)22)5-4-6-13(2)9-10-19-15(20)11-14(3)17(23)18(19)24-19/h5,9,11,15,17-18,20,23H,4,6-8,10H2,1-3H3,(H,21,22)/t15-,17-,18-,19+/m1/s1. The van der Waals surface area contributed by atoms with Crippen molar-refractivity contribution < 1.29 is 24.9 Å². The van der Waals surface area contributed by atoms with Crippen molar-refractivity contribution in [2.75, 3.05) is 0 Å². The van der Waals surface area contributed by atoms with E-state index in [-0.39, 0.29) is 12.5 Å². The van der Waals surface area contributed by atoms with Crippen molar-refractivity contribution >= 4 is 5.97 Å². The Bertz CT molecular complexity index is 574. The van der Waals surface area contributed by atoms with Gasteiger partial charge in [0, 0.05) is 12.8 Å². The first-order valence-electron chi connectivity index (χ1n) is 8.51. The van der Waals surface area contributed by atoms with Gasteiger partial charge in [0.15, 0.2) is 0 Å². The van der Waals surface area contributed by atoms with Gasteiger partial charge in [-0.25, -0.2) is 0 Å². The van der Waals surface area contributed by atoms with Crippen LogP contribution in [0.3, 0.4) is 0 Å². The van der Waals surface area contributed by atoms with Crippen LogP contribution < -0.4 is 0 Å². The molecule has 5 heteroatoms. The van der Waals surface area contributed by atoms with Gasteiger partial charge in [-0.2, -0.15) is 0 Å². The van der Waals surface area contributed by atoms with Crippen LogP contribution in [-0.4, -0.2) is 45.2 Å². The lowest BCUT2D eigenvalue weighted by Crippen LogP contribution is -2.39. The van der Waals surface area contributed by atoms with Gasteiger partial charge >= 0.3 is 5.97 Å². The van der Waals surface area contributed by atoms with Crippen molar-refractivity contribution in [2.45, 2.75) is 76.8 Å². The highest BCUT2D eigenvalue weighted by Crippen LogP contribution is 2.50. The molecule has 1 saturated heterocycles. The third-order valence-corrected chi connectivity index (χ3v) is 4.98. The summed E-state index contributed by atoms with van der Waals surface area (Å²) in [4.78, 5) is 10.5.